The highest BCUT2D eigenvalue weighted by Gasteiger charge is 2.16. The number of rotatable bonds is 6. The summed E-state index contributed by atoms with van der Waals surface area (Å²) >= 11 is 6.16. The molecule has 0 fully saturated rings. The number of aromatic nitrogens is 1. The Bertz CT molecular complexity index is 901. The second-order valence-electron chi connectivity index (χ2n) is 5.39. The van der Waals surface area contributed by atoms with Gasteiger partial charge < -0.3 is 14.8 Å². The first-order chi connectivity index (χ1) is 12.7. The van der Waals surface area contributed by atoms with E-state index in [-0.39, 0.29) is 18.4 Å². The van der Waals surface area contributed by atoms with Crippen LogP contribution in [-0.4, -0.2) is 18.0 Å². The Morgan fingerprint density at radius 3 is 2.54 bits per heavy atom. The van der Waals surface area contributed by atoms with Crippen molar-refractivity contribution in [3.63, 3.8) is 0 Å². The van der Waals surface area contributed by atoms with E-state index < -0.39 is 0 Å². The number of carbonyl (C=O) groups excluding carboxylic acids is 1. The van der Waals surface area contributed by atoms with Crippen molar-refractivity contribution in [2.45, 2.75) is 6.61 Å². The molecule has 132 valence electrons. The van der Waals surface area contributed by atoms with E-state index in [9.17, 15) is 4.79 Å². The normalized spacial score (nSPS) is 10.2. The predicted molar refractivity (Wildman–Crippen MR) is 101 cm³/mol. The lowest BCUT2D eigenvalue weighted by molar-refractivity contribution is 0.102. The number of hydrogen-bond donors (Lipinski definition) is 1. The lowest BCUT2D eigenvalue weighted by Crippen LogP contribution is -2.14. The molecule has 2 aromatic carbocycles. The fourth-order valence-electron chi connectivity index (χ4n) is 2.36. The molecular formula is C20H17ClN2O3. The van der Waals surface area contributed by atoms with Gasteiger partial charge in [0.05, 0.1) is 7.11 Å². The molecule has 0 saturated heterocycles. The van der Waals surface area contributed by atoms with Crippen LogP contribution < -0.4 is 14.8 Å². The molecule has 0 atom stereocenters. The van der Waals surface area contributed by atoms with Gasteiger partial charge in [0.1, 0.15) is 18.0 Å². The largest absolute Gasteiger partial charge is 0.494 e. The first kappa shape index (κ1) is 17.8. The molecule has 1 N–H and O–H groups in total. The fraction of sp³-hybridized carbons (Fsp3) is 0.100. The van der Waals surface area contributed by atoms with Crippen LogP contribution in [0.5, 0.6) is 11.6 Å². The summed E-state index contributed by atoms with van der Waals surface area (Å²) in [6.07, 6.45) is 1.55. The predicted octanol–water partition coefficient (Wildman–Crippen LogP) is 4.57. The Labute approximate surface area is 156 Å². The molecule has 0 radical (unpaired) electrons. The highest BCUT2D eigenvalue weighted by Crippen LogP contribution is 2.33. The van der Waals surface area contributed by atoms with E-state index in [1.165, 1.54) is 7.11 Å². The van der Waals surface area contributed by atoms with Crippen molar-refractivity contribution in [2.75, 3.05) is 12.4 Å². The van der Waals surface area contributed by atoms with Crippen LogP contribution in [-0.2, 0) is 6.61 Å². The Hall–Kier alpha value is -3.05. The first-order valence-corrected chi connectivity index (χ1v) is 8.32. The number of anilines is 1. The highest BCUT2D eigenvalue weighted by molar-refractivity contribution is 6.31. The molecule has 6 heteroatoms. The Kier molecular flexibility index (Phi) is 5.71. The van der Waals surface area contributed by atoms with E-state index in [4.69, 9.17) is 21.1 Å². The second-order valence-corrected chi connectivity index (χ2v) is 5.80. The maximum absolute atomic E-state index is 12.5. The van der Waals surface area contributed by atoms with Crippen LogP contribution in [0.25, 0.3) is 0 Å². The van der Waals surface area contributed by atoms with Gasteiger partial charge in [-0.25, -0.2) is 4.98 Å². The third-order valence-electron chi connectivity index (χ3n) is 3.69. The van der Waals surface area contributed by atoms with Crippen molar-refractivity contribution in [3.8, 4) is 11.6 Å². The second kappa shape index (κ2) is 8.36. The van der Waals surface area contributed by atoms with Crippen LogP contribution in [0, 0.1) is 0 Å². The first-order valence-electron chi connectivity index (χ1n) is 7.94. The number of nitrogens with zero attached hydrogens (tertiary/aromatic N) is 1. The van der Waals surface area contributed by atoms with E-state index in [1.54, 1.807) is 42.6 Å². The minimum Gasteiger partial charge on any atom is -0.494 e. The molecule has 1 aromatic heterocycles. The molecule has 5 nitrogen and oxygen atoms in total. The molecule has 0 bridgehead atoms. The zero-order chi connectivity index (χ0) is 18.4. The molecular weight excluding hydrogens is 352 g/mol. The molecule has 0 aliphatic heterocycles. The van der Waals surface area contributed by atoms with Crippen molar-refractivity contribution >= 4 is 23.2 Å². The minimum absolute atomic E-state index is 0.216. The minimum atomic E-state index is -0.278. The topological polar surface area (TPSA) is 60.5 Å². The number of amides is 1. The van der Waals surface area contributed by atoms with Crippen LogP contribution in [0.1, 0.15) is 15.9 Å². The van der Waals surface area contributed by atoms with E-state index in [0.717, 1.165) is 5.56 Å². The zero-order valence-electron chi connectivity index (χ0n) is 14.1. The number of pyridine rings is 1. The molecule has 3 aromatic rings. The van der Waals surface area contributed by atoms with E-state index in [0.29, 0.717) is 22.0 Å². The van der Waals surface area contributed by atoms with Gasteiger partial charge in [0.25, 0.3) is 5.91 Å². The van der Waals surface area contributed by atoms with Gasteiger partial charge in [0.2, 0.25) is 5.88 Å². The molecule has 0 saturated carbocycles. The summed E-state index contributed by atoms with van der Waals surface area (Å²) in [5.74, 6) is 0.437. The average molecular weight is 369 g/mol. The Morgan fingerprint density at radius 1 is 1.08 bits per heavy atom. The molecule has 0 aliphatic carbocycles. The van der Waals surface area contributed by atoms with Crippen LogP contribution in [0.15, 0.2) is 66.9 Å². The zero-order valence-corrected chi connectivity index (χ0v) is 14.9. The van der Waals surface area contributed by atoms with Crippen LogP contribution in [0.4, 0.5) is 5.69 Å². The van der Waals surface area contributed by atoms with Gasteiger partial charge in [-0.2, -0.15) is 0 Å². The van der Waals surface area contributed by atoms with E-state index >= 15 is 0 Å². The summed E-state index contributed by atoms with van der Waals surface area (Å²) in [7, 11) is 1.52. The summed E-state index contributed by atoms with van der Waals surface area (Å²) in [4.78, 5) is 16.7. The molecule has 0 spiro atoms. The van der Waals surface area contributed by atoms with Gasteiger partial charge >= 0.3 is 0 Å². The summed E-state index contributed by atoms with van der Waals surface area (Å²) in [6.45, 7) is 0.216. The third kappa shape index (κ3) is 4.13. The highest BCUT2D eigenvalue weighted by atomic mass is 35.5. The van der Waals surface area contributed by atoms with Gasteiger partial charge in [0, 0.05) is 28.4 Å². The van der Waals surface area contributed by atoms with Crippen LogP contribution >= 0.6 is 11.6 Å². The number of carbonyl (C=O) groups is 1. The molecule has 0 unspecified atom stereocenters. The van der Waals surface area contributed by atoms with E-state index in [2.05, 4.69) is 10.3 Å². The van der Waals surface area contributed by atoms with Crippen molar-refractivity contribution < 1.29 is 14.3 Å². The number of benzene rings is 2. The Morgan fingerprint density at radius 2 is 1.81 bits per heavy atom. The van der Waals surface area contributed by atoms with Crippen molar-refractivity contribution in [3.05, 3.63) is 83.0 Å². The molecule has 3 rings (SSSR count). The standard InChI is InChI=1S/C20H17ClN2O3/c1-25-17-11-12-22-20(26-13-15-9-5-6-10-16(15)21)18(17)23-19(24)14-7-3-2-4-8-14/h2-12H,13H2,1H3,(H,23,24). The van der Waals surface area contributed by atoms with Gasteiger partial charge in [-0.3, -0.25) is 4.79 Å². The smallest absolute Gasteiger partial charge is 0.255 e. The van der Waals surface area contributed by atoms with Gasteiger partial charge in [0.15, 0.2) is 0 Å². The monoisotopic (exact) mass is 368 g/mol. The van der Waals surface area contributed by atoms with Crippen molar-refractivity contribution in [1.29, 1.82) is 0 Å². The summed E-state index contributed by atoms with van der Waals surface area (Å²) in [5.41, 5.74) is 1.71. The third-order valence-corrected chi connectivity index (χ3v) is 4.06. The number of halogens is 1. The lowest BCUT2D eigenvalue weighted by Gasteiger charge is -2.15. The number of nitrogens with one attached hydrogen (secondary N) is 1. The Balaban J connectivity index is 1.84. The maximum atomic E-state index is 12.5. The van der Waals surface area contributed by atoms with Gasteiger partial charge in [-0.05, 0) is 18.2 Å². The van der Waals surface area contributed by atoms with E-state index in [1.807, 2.05) is 24.3 Å². The van der Waals surface area contributed by atoms with Gasteiger partial charge in [-0.15, -0.1) is 0 Å². The summed E-state index contributed by atoms with van der Waals surface area (Å²) < 4.78 is 11.1. The molecule has 0 aliphatic rings. The lowest BCUT2D eigenvalue weighted by atomic mass is 10.2. The summed E-state index contributed by atoms with van der Waals surface area (Å²) in [5, 5.41) is 3.41. The van der Waals surface area contributed by atoms with Gasteiger partial charge in [-0.1, -0.05) is 48.0 Å². The molecule has 1 amide bonds. The number of hydrogen-bond acceptors (Lipinski definition) is 4. The number of methoxy groups -OCH3 is 1. The van der Waals surface area contributed by atoms with Crippen molar-refractivity contribution in [2.24, 2.45) is 0 Å². The maximum Gasteiger partial charge on any atom is 0.255 e. The number of ether oxygens (including phenoxy) is 2. The van der Waals surface area contributed by atoms with Crippen LogP contribution in [0.3, 0.4) is 0 Å². The van der Waals surface area contributed by atoms with Crippen LogP contribution in [0.2, 0.25) is 5.02 Å². The van der Waals surface area contributed by atoms with Crippen molar-refractivity contribution in [1.82, 2.24) is 4.98 Å². The average Bonchev–Trinajstić information content (AvgIpc) is 2.68. The fourth-order valence-corrected chi connectivity index (χ4v) is 2.55. The molecule has 26 heavy (non-hydrogen) atoms. The summed E-state index contributed by atoms with van der Waals surface area (Å²) in [6, 6.07) is 17.9. The SMILES string of the molecule is COc1ccnc(OCc2ccccc2Cl)c1NC(=O)c1ccccc1. The molecule has 1 heterocycles. The quantitative estimate of drug-likeness (QED) is 0.692.